The van der Waals surface area contributed by atoms with Gasteiger partial charge in [0.25, 0.3) is 0 Å². The minimum atomic E-state index is -0.652. The summed E-state index contributed by atoms with van der Waals surface area (Å²) in [5, 5.41) is 13.7. The van der Waals surface area contributed by atoms with Crippen LogP contribution in [0.3, 0.4) is 0 Å². The second kappa shape index (κ2) is 10.8. The Morgan fingerprint density at radius 2 is 1.83 bits per heavy atom. The van der Waals surface area contributed by atoms with Crippen LogP contribution in [0, 0.1) is 0 Å². The Morgan fingerprint density at radius 1 is 1.11 bits per heavy atom. The standard InChI is InChI=1S/C28H30BrNO6/c1-5-10-36-28(33)24-15(2)30-21-12-17(16-6-8-19(34-3)9-7-16)13-22(31)26(21)25(24)18-11-20(29)27(32)23(14-18)35-4/h6-9,11,14,17,25,30,32H,5,10,12-13H2,1-4H3/t17-,25-/m1/s1. The first-order chi connectivity index (χ1) is 17.3. The van der Waals surface area contributed by atoms with E-state index in [0.29, 0.717) is 46.1 Å². The highest BCUT2D eigenvalue weighted by atomic mass is 79.9. The third-order valence-corrected chi connectivity index (χ3v) is 7.28. The molecule has 2 atom stereocenters. The van der Waals surface area contributed by atoms with E-state index in [9.17, 15) is 14.7 Å². The third-order valence-electron chi connectivity index (χ3n) is 6.68. The van der Waals surface area contributed by atoms with Gasteiger partial charge in [0.1, 0.15) is 5.75 Å². The summed E-state index contributed by atoms with van der Waals surface area (Å²) in [6.07, 6.45) is 1.62. The Balaban J connectivity index is 1.81. The average Bonchev–Trinajstić information content (AvgIpc) is 2.87. The topological polar surface area (TPSA) is 94.1 Å². The summed E-state index contributed by atoms with van der Waals surface area (Å²) in [6.45, 7) is 4.04. The summed E-state index contributed by atoms with van der Waals surface area (Å²) in [5.41, 5.74) is 4.09. The lowest BCUT2D eigenvalue weighted by Gasteiger charge is -2.37. The number of phenolic OH excluding ortho intramolecular Hbond substituents is 1. The molecular formula is C28H30BrNO6. The van der Waals surface area contributed by atoms with E-state index in [1.165, 1.54) is 7.11 Å². The van der Waals surface area contributed by atoms with E-state index in [0.717, 1.165) is 17.0 Å². The minimum Gasteiger partial charge on any atom is -0.503 e. The average molecular weight is 556 g/mol. The number of carbonyl (C=O) groups is 2. The monoisotopic (exact) mass is 555 g/mol. The van der Waals surface area contributed by atoms with Crippen LogP contribution in [0.1, 0.15) is 56.1 Å². The number of ether oxygens (including phenoxy) is 3. The van der Waals surface area contributed by atoms with Gasteiger partial charge in [-0.3, -0.25) is 4.79 Å². The number of aromatic hydroxyl groups is 1. The van der Waals surface area contributed by atoms with Gasteiger partial charge in [0.2, 0.25) is 0 Å². The molecule has 2 aromatic rings. The zero-order chi connectivity index (χ0) is 26.0. The summed E-state index contributed by atoms with van der Waals surface area (Å²) in [4.78, 5) is 27.0. The van der Waals surface area contributed by atoms with E-state index < -0.39 is 11.9 Å². The van der Waals surface area contributed by atoms with E-state index in [1.807, 2.05) is 38.1 Å². The highest BCUT2D eigenvalue weighted by molar-refractivity contribution is 9.10. The number of hydrogen-bond donors (Lipinski definition) is 2. The molecular weight excluding hydrogens is 526 g/mol. The van der Waals surface area contributed by atoms with Gasteiger partial charge in [-0.25, -0.2) is 4.79 Å². The third kappa shape index (κ3) is 4.87. The van der Waals surface area contributed by atoms with Gasteiger partial charge in [-0.1, -0.05) is 19.1 Å². The van der Waals surface area contributed by atoms with Crippen LogP contribution in [0.25, 0.3) is 0 Å². The zero-order valence-corrected chi connectivity index (χ0v) is 22.4. The molecule has 0 radical (unpaired) electrons. The van der Waals surface area contributed by atoms with Gasteiger partial charge in [0.15, 0.2) is 17.3 Å². The summed E-state index contributed by atoms with van der Waals surface area (Å²) in [7, 11) is 3.08. The Morgan fingerprint density at radius 3 is 2.47 bits per heavy atom. The molecule has 2 N–H and O–H groups in total. The van der Waals surface area contributed by atoms with Crippen LogP contribution in [0.5, 0.6) is 17.2 Å². The molecule has 1 aliphatic carbocycles. The Kier molecular flexibility index (Phi) is 7.73. The molecule has 8 heteroatoms. The maximum absolute atomic E-state index is 13.7. The van der Waals surface area contributed by atoms with E-state index in [4.69, 9.17) is 14.2 Å². The van der Waals surface area contributed by atoms with Crippen molar-refractivity contribution in [2.24, 2.45) is 0 Å². The zero-order valence-electron chi connectivity index (χ0n) is 20.8. The molecule has 190 valence electrons. The van der Waals surface area contributed by atoms with Crippen LogP contribution in [-0.4, -0.2) is 37.7 Å². The van der Waals surface area contributed by atoms with Crippen LogP contribution in [0.15, 0.2) is 63.4 Å². The van der Waals surface area contributed by atoms with Crippen LogP contribution in [0.2, 0.25) is 0 Å². The summed E-state index contributed by atoms with van der Waals surface area (Å²) >= 11 is 3.38. The Bertz CT molecular complexity index is 1250. The van der Waals surface area contributed by atoms with Gasteiger partial charge in [-0.15, -0.1) is 0 Å². The molecule has 0 spiro atoms. The molecule has 2 aromatic carbocycles. The number of dihydropyridines is 1. The molecule has 0 aromatic heterocycles. The van der Waals surface area contributed by atoms with Crippen LogP contribution in [-0.2, 0) is 14.3 Å². The number of nitrogens with one attached hydrogen (secondary N) is 1. The minimum absolute atomic E-state index is 0.00205. The van der Waals surface area contributed by atoms with Crippen LogP contribution in [0.4, 0.5) is 0 Å². The number of phenols is 1. The molecule has 36 heavy (non-hydrogen) atoms. The fourth-order valence-corrected chi connectivity index (χ4v) is 5.40. The van der Waals surface area contributed by atoms with Crippen molar-refractivity contribution in [3.63, 3.8) is 0 Å². The van der Waals surface area contributed by atoms with Crippen LogP contribution >= 0.6 is 15.9 Å². The number of halogens is 1. The van der Waals surface area contributed by atoms with Gasteiger partial charge < -0.3 is 24.6 Å². The summed E-state index contributed by atoms with van der Waals surface area (Å²) in [5.74, 6) is -0.193. The second-order valence-electron chi connectivity index (χ2n) is 8.98. The number of Topliss-reactive ketones (excluding diaryl/α,β-unsaturated/α-hetero) is 1. The number of methoxy groups -OCH3 is 2. The van der Waals surface area contributed by atoms with Gasteiger partial charge in [-0.05, 0) is 77.0 Å². The SMILES string of the molecule is CCCOC(=O)C1=C(C)NC2=C(C(=O)C[C@H](c3ccc(OC)cc3)C2)[C@@H]1c1cc(Br)c(O)c(OC)c1. The number of allylic oxidation sites excluding steroid dienone is 3. The Labute approximate surface area is 219 Å². The first kappa shape index (κ1) is 25.8. The van der Waals surface area contributed by atoms with Crippen molar-refractivity contribution in [3.05, 3.63) is 74.5 Å². The number of rotatable bonds is 7. The van der Waals surface area contributed by atoms with E-state index in [2.05, 4.69) is 21.2 Å². The molecule has 0 amide bonds. The predicted molar refractivity (Wildman–Crippen MR) is 139 cm³/mol. The van der Waals surface area contributed by atoms with E-state index in [1.54, 1.807) is 19.2 Å². The molecule has 4 rings (SSSR count). The number of ketones is 1. The highest BCUT2D eigenvalue weighted by Gasteiger charge is 2.42. The van der Waals surface area contributed by atoms with Gasteiger partial charge in [-0.2, -0.15) is 0 Å². The van der Waals surface area contributed by atoms with Gasteiger partial charge in [0.05, 0.1) is 30.9 Å². The smallest absolute Gasteiger partial charge is 0.336 e. The molecule has 7 nitrogen and oxygen atoms in total. The molecule has 1 heterocycles. The molecule has 2 aliphatic rings. The largest absolute Gasteiger partial charge is 0.503 e. The quantitative estimate of drug-likeness (QED) is 0.436. The van der Waals surface area contributed by atoms with Crippen molar-refractivity contribution < 1.29 is 28.9 Å². The first-order valence-electron chi connectivity index (χ1n) is 11.9. The van der Waals surface area contributed by atoms with Crippen molar-refractivity contribution >= 4 is 27.7 Å². The maximum Gasteiger partial charge on any atom is 0.336 e. The van der Waals surface area contributed by atoms with E-state index in [-0.39, 0.29) is 29.8 Å². The number of benzene rings is 2. The molecule has 0 saturated heterocycles. The van der Waals surface area contributed by atoms with E-state index >= 15 is 0 Å². The fourth-order valence-electron chi connectivity index (χ4n) is 4.94. The molecule has 1 aliphatic heterocycles. The van der Waals surface area contributed by atoms with Crippen molar-refractivity contribution in [3.8, 4) is 17.2 Å². The number of esters is 1. The Hall–Kier alpha value is -3.26. The molecule has 0 unspecified atom stereocenters. The normalized spacial score (nSPS) is 19.5. The first-order valence-corrected chi connectivity index (χ1v) is 12.7. The lowest BCUT2D eigenvalue weighted by Crippen LogP contribution is -2.36. The highest BCUT2D eigenvalue weighted by Crippen LogP contribution is 2.48. The summed E-state index contributed by atoms with van der Waals surface area (Å²) < 4.78 is 16.6. The van der Waals surface area contributed by atoms with Crippen molar-refractivity contribution in [2.75, 3.05) is 20.8 Å². The number of carbonyl (C=O) groups excluding carboxylic acids is 2. The maximum atomic E-state index is 13.7. The fraction of sp³-hybridized carbons (Fsp3) is 0.357. The van der Waals surface area contributed by atoms with Gasteiger partial charge >= 0.3 is 5.97 Å². The number of hydrogen-bond acceptors (Lipinski definition) is 7. The predicted octanol–water partition coefficient (Wildman–Crippen LogP) is 5.49. The van der Waals surface area contributed by atoms with Crippen LogP contribution < -0.4 is 14.8 Å². The van der Waals surface area contributed by atoms with Crippen molar-refractivity contribution in [2.45, 2.75) is 44.9 Å². The summed E-state index contributed by atoms with van der Waals surface area (Å²) in [6, 6.07) is 11.2. The molecule has 0 bridgehead atoms. The molecule has 0 saturated carbocycles. The van der Waals surface area contributed by atoms with Crippen molar-refractivity contribution in [1.29, 1.82) is 0 Å². The van der Waals surface area contributed by atoms with Gasteiger partial charge in [0, 0.05) is 29.3 Å². The molecule has 0 fully saturated rings. The second-order valence-corrected chi connectivity index (χ2v) is 9.83. The lowest BCUT2D eigenvalue weighted by atomic mass is 9.71. The van der Waals surface area contributed by atoms with Crippen molar-refractivity contribution in [1.82, 2.24) is 5.32 Å². The lowest BCUT2D eigenvalue weighted by molar-refractivity contribution is -0.139.